The Bertz CT molecular complexity index is 2580. The van der Waals surface area contributed by atoms with Crippen molar-refractivity contribution in [2.75, 3.05) is 4.90 Å². The molecule has 0 spiro atoms. The molecule has 0 atom stereocenters. The van der Waals surface area contributed by atoms with Crippen LogP contribution in [0.2, 0.25) is 0 Å². The van der Waals surface area contributed by atoms with E-state index in [9.17, 15) is 0 Å². The second kappa shape index (κ2) is 13.0. The topological polar surface area (TPSA) is 3.24 Å². The first-order valence-corrected chi connectivity index (χ1v) is 17.8. The average Bonchev–Trinajstić information content (AvgIpc) is 3.58. The highest BCUT2D eigenvalue weighted by Gasteiger charge is 2.20. The molecule has 8 aromatic carbocycles. The minimum Gasteiger partial charge on any atom is -0.310 e. The molecule has 0 unspecified atom stereocenters. The normalized spacial score (nSPS) is 11.2. The van der Waals surface area contributed by atoms with Gasteiger partial charge in [-0.15, -0.1) is 11.3 Å². The third-order valence-corrected chi connectivity index (χ3v) is 10.7. The van der Waals surface area contributed by atoms with Gasteiger partial charge in [0.15, 0.2) is 0 Å². The van der Waals surface area contributed by atoms with Gasteiger partial charge in [0.05, 0.1) is 5.69 Å². The minimum absolute atomic E-state index is 1.11. The number of hydrogen-bond acceptors (Lipinski definition) is 2. The molecule has 0 radical (unpaired) electrons. The minimum atomic E-state index is 1.11. The maximum absolute atomic E-state index is 2.39. The third kappa shape index (κ3) is 5.37. The van der Waals surface area contributed by atoms with Gasteiger partial charge >= 0.3 is 0 Å². The van der Waals surface area contributed by atoms with Gasteiger partial charge in [-0.1, -0.05) is 164 Å². The molecule has 0 aliphatic rings. The zero-order valence-electron chi connectivity index (χ0n) is 27.4. The molecular weight excluding hydrogens is 623 g/mol. The summed E-state index contributed by atoms with van der Waals surface area (Å²) in [5.41, 5.74) is 13.1. The van der Waals surface area contributed by atoms with Crippen molar-refractivity contribution in [2.24, 2.45) is 0 Å². The number of nitrogens with zero attached hydrogens (tertiary/aromatic N) is 1. The molecule has 1 heterocycles. The van der Waals surface area contributed by atoms with Crippen molar-refractivity contribution in [1.82, 2.24) is 0 Å². The molecule has 0 saturated heterocycles. The van der Waals surface area contributed by atoms with Crippen LogP contribution in [-0.4, -0.2) is 0 Å². The van der Waals surface area contributed by atoms with E-state index in [0.717, 1.165) is 17.1 Å². The summed E-state index contributed by atoms with van der Waals surface area (Å²) in [7, 11) is 0. The van der Waals surface area contributed by atoms with Gasteiger partial charge < -0.3 is 4.90 Å². The van der Waals surface area contributed by atoms with Crippen molar-refractivity contribution in [3.05, 3.63) is 200 Å². The van der Waals surface area contributed by atoms with Gasteiger partial charge in [0, 0.05) is 37.1 Å². The molecule has 236 valence electrons. The monoisotopic (exact) mass is 655 g/mol. The SMILES string of the molecule is c1ccc(-c2ccccc2-c2ccccc2-c2ccccc2N(c2ccccc2)c2ccc(-c3cccc4c3sc3ccccc34)cc2)cc1. The predicted molar refractivity (Wildman–Crippen MR) is 216 cm³/mol. The highest BCUT2D eigenvalue weighted by atomic mass is 32.1. The first-order chi connectivity index (χ1) is 24.8. The van der Waals surface area contributed by atoms with E-state index in [1.807, 2.05) is 11.3 Å². The summed E-state index contributed by atoms with van der Waals surface area (Å²) in [6.07, 6.45) is 0. The van der Waals surface area contributed by atoms with Gasteiger partial charge in [0.25, 0.3) is 0 Å². The van der Waals surface area contributed by atoms with E-state index in [-0.39, 0.29) is 0 Å². The summed E-state index contributed by atoms with van der Waals surface area (Å²) < 4.78 is 2.66. The van der Waals surface area contributed by atoms with Crippen LogP contribution in [0, 0.1) is 0 Å². The molecule has 0 fully saturated rings. The molecule has 0 N–H and O–H groups in total. The van der Waals surface area contributed by atoms with Crippen LogP contribution in [0.1, 0.15) is 0 Å². The second-order valence-electron chi connectivity index (χ2n) is 12.5. The van der Waals surface area contributed by atoms with Gasteiger partial charge in [-0.05, 0) is 75.3 Å². The largest absolute Gasteiger partial charge is 0.310 e. The summed E-state index contributed by atoms with van der Waals surface area (Å²) >= 11 is 1.88. The lowest BCUT2D eigenvalue weighted by molar-refractivity contribution is 1.28. The molecule has 9 rings (SSSR count). The van der Waals surface area contributed by atoms with Gasteiger partial charge in [0.1, 0.15) is 0 Å². The highest BCUT2D eigenvalue weighted by Crippen LogP contribution is 2.46. The molecular formula is C48H33NS. The van der Waals surface area contributed by atoms with Crippen molar-refractivity contribution >= 4 is 48.6 Å². The Morgan fingerprint density at radius 1 is 0.300 bits per heavy atom. The number of fused-ring (bicyclic) bond motifs is 3. The maximum atomic E-state index is 2.39. The summed E-state index contributed by atoms with van der Waals surface area (Å²) in [5, 5.41) is 2.64. The maximum Gasteiger partial charge on any atom is 0.0540 e. The molecule has 0 saturated carbocycles. The third-order valence-electron chi connectivity index (χ3n) is 9.52. The lowest BCUT2D eigenvalue weighted by Gasteiger charge is -2.28. The molecule has 1 aromatic heterocycles. The summed E-state index contributed by atoms with van der Waals surface area (Å²) in [6, 6.07) is 72.2. The van der Waals surface area contributed by atoms with Crippen LogP contribution in [0.5, 0.6) is 0 Å². The van der Waals surface area contributed by atoms with Crippen molar-refractivity contribution in [3.63, 3.8) is 0 Å². The summed E-state index contributed by atoms with van der Waals surface area (Å²) in [6.45, 7) is 0. The van der Waals surface area contributed by atoms with Crippen LogP contribution in [0.15, 0.2) is 200 Å². The quantitative estimate of drug-likeness (QED) is 0.165. The van der Waals surface area contributed by atoms with Crippen molar-refractivity contribution < 1.29 is 0 Å². The smallest absolute Gasteiger partial charge is 0.0540 e. The fourth-order valence-corrected chi connectivity index (χ4v) is 8.44. The van der Waals surface area contributed by atoms with E-state index in [2.05, 4.69) is 205 Å². The van der Waals surface area contributed by atoms with Gasteiger partial charge in [-0.3, -0.25) is 0 Å². The molecule has 50 heavy (non-hydrogen) atoms. The van der Waals surface area contributed by atoms with Gasteiger partial charge in [-0.2, -0.15) is 0 Å². The fourth-order valence-electron chi connectivity index (χ4n) is 7.21. The molecule has 2 heteroatoms. The number of benzene rings is 8. The predicted octanol–water partition coefficient (Wildman–Crippen LogP) is 14.2. The van der Waals surface area contributed by atoms with E-state index in [4.69, 9.17) is 0 Å². The first-order valence-electron chi connectivity index (χ1n) is 17.0. The highest BCUT2D eigenvalue weighted by molar-refractivity contribution is 7.26. The van der Waals surface area contributed by atoms with Crippen LogP contribution in [0.3, 0.4) is 0 Å². The number of para-hydroxylation sites is 2. The molecule has 0 bridgehead atoms. The van der Waals surface area contributed by atoms with Crippen LogP contribution in [0.4, 0.5) is 17.1 Å². The van der Waals surface area contributed by atoms with Crippen molar-refractivity contribution in [3.8, 4) is 44.5 Å². The van der Waals surface area contributed by atoms with Gasteiger partial charge in [-0.25, -0.2) is 0 Å². The van der Waals surface area contributed by atoms with E-state index in [0.29, 0.717) is 0 Å². The standard InChI is InChI=1S/C48H33NS/c1-3-16-34(17-4-1)38-20-7-8-21-40(38)41-22-9-10-23-42(41)43-24-11-13-28-46(43)49(36-18-5-2-6-19-36)37-32-30-35(31-33-37)39-26-15-27-45-44-25-12-14-29-47(44)50-48(39)45/h1-33H. The van der Waals surface area contributed by atoms with Crippen LogP contribution in [0.25, 0.3) is 64.7 Å². The Hall–Kier alpha value is -6.22. The Labute approximate surface area is 297 Å². The Morgan fingerprint density at radius 3 is 1.52 bits per heavy atom. The van der Waals surface area contributed by atoms with Crippen LogP contribution < -0.4 is 4.90 Å². The fraction of sp³-hybridized carbons (Fsp3) is 0. The van der Waals surface area contributed by atoms with E-state index < -0.39 is 0 Å². The number of anilines is 3. The zero-order chi connectivity index (χ0) is 33.3. The molecule has 1 nitrogen and oxygen atoms in total. The lowest BCUT2D eigenvalue weighted by atomic mass is 9.88. The lowest BCUT2D eigenvalue weighted by Crippen LogP contribution is -2.11. The summed E-state index contributed by atoms with van der Waals surface area (Å²) in [5.74, 6) is 0. The van der Waals surface area contributed by atoms with Crippen molar-refractivity contribution in [2.45, 2.75) is 0 Å². The molecule has 0 aliphatic carbocycles. The van der Waals surface area contributed by atoms with Crippen LogP contribution >= 0.6 is 11.3 Å². The number of rotatable bonds is 7. The second-order valence-corrected chi connectivity index (χ2v) is 13.5. The van der Waals surface area contributed by atoms with Crippen molar-refractivity contribution in [1.29, 1.82) is 0 Å². The Morgan fingerprint density at radius 2 is 0.780 bits per heavy atom. The van der Waals surface area contributed by atoms with E-state index in [1.165, 1.54) is 64.7 Å². The first kappa shape index (κ1) is 29.9. The molecule has 9 aromatic rings. The molecule has 0 aliphatic heterocycles. The Kier molecular flexibility index (Phi) is 7.77. The Balaban J connectivity index is 1.18. The van der Waals surface area contributed by atoms with E-state index >= 15 is 0 Å². The number of hydrogen-bond donors (Lipinski definition) is 0. The van der Waals surface area contributed by atoms with Crippen LogP contribution in [-0.2, 0) is 0 Å². The zero-order valence-corrected chi connectivity index (χ0v) is 28.2. The summed E-state index contributed by atoms with van der Waals surface area (Å²) in [4.78, 5) is 2.39. The van der Waals surface area contributed by atoms with Gasteiger partial charge in [0.2, 0.25) is 0 Å². The average molecular weight is 656 g/mol. The van der Waals surface area contributed by atoms with E-state index in [1.54, 1.807) is 0 Å². The molecule has 0 amide bonds. The number of thiophene rings is 1.